The van der Waals surface area contributed by atoms with Crippen LogP contribution in [0.2, 0.25) is 0 Å². The van der Waals surface area contributed by atoms with E-state index in [0.717, 1.165) is 36.1 Å². The molecule has 1 heterocycles. The molecule has 1 aromatic heterocycles. The number of nitrogens with one attached hydrogen (secondary N) is 1. The average molecular weight is 282 g/mol. The zero-order chi connectivity index (χ0) is 14.7. The Labute approximate surface area is 126 Å². The molecule has 4 nitrogen and oxygen atoms in total. The Bertz CT molecular complexity index is 589. The van der Waals surface area contributed by atoms with Gasteiger partial charge in [0.25, 0.3) is 0 Å². The molecule has 1 aromatic carbocycles. The Balaban J connectivity index is 1.99. The zero-order valence-corrected chi connectivity index (χ0v) is 12.7. The molecule has 0 aliphatic heterocycles. The molecule has 1 fully saturated rings. The van der Waals surface area contributed by atoms with Gasteiger partial charge in [-0.1, -0.05) is 30.3 Å². The summed E-state index contributed by atoms with van der Waals surface area (Å²) in [6.45, 7) is 6.10. The number of hydrogen-bond donors (Lipinski definition) is 1. The summed E-state index contributed by atoms with van der Waals surface area (Å²) in [6, 6.07) is 12.9. The fraction of sp³-hybridized carbons (Fsp3) is 0.412. The maximum absolute atomic E-state index is 4.75. The molecule has 4 heteroatoms. The summed E-state index contributed by atoms with van der Waals surface area (Å²) in [5.41, 5.74) is 2.11. The minimum absolute atomic E-state index is 0.591. The van der Waals surface area contributed by atoms with E-state index in [9.17, 15) is 0 Å². The second-order valence-corrected chi connectivity index (χ2v) is 5.40. The third-order valence-corrected chi connectivity index (χ3v) is 3.76. The smallest absolute Gasteiger partial charge is 0.227 e. The molecule has 21 heavy (non-hydrogen) atoms. The lowest BCUT2D eigenvalue weighted by molar-refractivity contribution is 0.822. The van der Waals surface area contributed by atoms with Gasteiger partial charge in [0.15, 0.2) is 0 Å². The van der Waals surface area contributed by atoms with E-state index in [0.29, 0.717) is 6.04 Å². The lowest BCUT2D eigenvalue weighted by Gasteiger charge is -2.20. The van der Waals surface area contributed by atoms with Crippen LogP contribution in [0.4, 0.5) is 11.8 Å². The van der Waals surface area contributed by atoms with Gasteiger partial charge in [-0.2, -0.15) is 4.98 Å². The summed E-state index contributed by atoms with van der Waals surface area (Å²) < 4.78 is 0. The SMILES string of the molecule is CCN(CC)c1nc(NC2CC2)cc(-c2ccccc2)n1. The van der Waals surface area contributed by atoms with E-state index in [1.165, 1.54) is 12.8 Å². The molecule has 1 saturated carbocycles. The summed E-state index contributed by atoms with van der Waals surface area (Å²) in [5, 5.41) is 3.49. The molecular formula is C17H22N4. The molecule has 0 amide bonds. The van der Waals surface area contributed by atoms with Crippen LogP contribution in [0, 0.1) is 0 Å². The fourth-order valence-electron chi connectivity index (χ4n) is 2.35. The first kappa shape index (κ1) is 13.9. The van der Waals surface area contributed by atoms with E-state index >= 15 is 0 Å². The van der Waals surface area contributed by atoms with Crippen LogP contribution in [0.1, 0.15) is 26.7 Å². The molecule has 0 atom stereocenters. The van der Waals surface area contributed by atoms with Crippen LogP contribution in [0.3, 0.4) is 0 Å². The average Bonchev–Trinajstić information content (AvgIpc) is 3.33. The Kier molecular flexibility index (Phi) is 4.04. The Morgan fingerprint density at radius 2 is 1.81 bits per heavy atom. The van der Waals surface area contributed by atoms with Crippen LogP contribution < -0.4 is 10.2 Å². The van der Waals surface area contributed by atoms with Gasteiger partial charge in [-0.25, -0.2) is 4.98 Å². The summed E-state index contributed by atoms with van der Waals surface area (Å²) in [6.07, 6.45) is 2.48. The van der Waals surface area contributed by atoms with E-state index in [-0.39, 0.29) is 0 Å². The van der Waals surface area contributed by atoms with Gasteiger partial charge < -0.3 is 10.2 Å². The summed E-state index contributed by atoms with van der Waals surface area (Å²) >= 11 is 0. The number of aromatic nitrogens is 2. The van der Waals surface area contributed by atoms with Crippen LogP contribution in [0.5, 0.6) is 0 Å². The second kappa shape index (κ2) is 6.12. The van der Waals surface area contributed by atoms with Crippen LogP contribution in [-0.2, 0) is 0 Å². The maximum Gasteiger partial charge on any atom is 0.227 e. The molecule has 1 aliphatic rings. The Morgan fingerprint density at radius 3 is 2.43 bits per heavy atom. The van der Waals surface area contributed by atoms with E-state index in [4.69, 9.17) is 4.98 Å². The van der Waals surface area contributed by atoms with E-state index in [1.54, 1.807) is 0 Å². The van der Waals surface area contributed by atoms with Gasteiger partial charge in [0, 0.05) is 30.8 Å². The van der Waals surface area contributed by atoms with Crippen LogP contribution in [0.25, 0.3) is 11.3 Å². The van der Waals surface area contributed by atoms with Crippen molar-refractivity contribution in [3.63, 3.8) is 0 Å². The predicted molar refractivity (Wildman–Crippen MR) is 87.7 cm³/mol. The van der Waals surface area contributed by atoms with Crippen molar-refractivity contribution in [3.05, 3.63) is 36.4 Å². The second-order valence-electron chi connectivity index (χ2n) is 5.40. The first-order valence-corrected chi connectivity index (χ1v) is 7.76. The normalized spacial score (nSPS) is 14.0. The number of anilines is 2. The third-order valence-electron chi connectivity index (χ3n) is 3.76. The molecule has 0 spiro atoms. The minimum atomic E-state index is 0.591. The number of rotatable bonds is 6. The molecule has 3 rings (SSSR count). The van der Waals surface area contributed by atoms with Gasteiger partial charge in [-0.3, -0.25) is 0 Å². The van der Waals surface area contributed by atoms with E-state index in [2.05, 4.69) is 47.2 Å². The van der Waals surface area contributed by atoms with Crippen molar-refractivity contribution in [2.24, 2.45) is 0 Å². The summed E-state index contributed by atoms with van der Waals surface area (Å²) in [5.74, 6) is 1.75. The van der Waals surface area contributed by atoms with Gasteiger partial charge in [0.1, 0.15) is 5.82 Å². The predicted octanol–water partition coefficient (Wildman–Crippen LogP) is 3.56. The van der Waals surface area contributed by atoms with Gasteiger partial charge in [-0.05, 0) is 26.7 Å². The monoisotopic (exact) mass is 282 g/mol. The van der Waals surface area contributed by atoms with Gasteiger partial charge in [-0.15, -0.1) is 0 Å². The molecule has 1 aliphatic carbocycles. The topological polar surface area (TPSA) is 41.1 Å². The van der Waals surface area contributed by atoms with Crippen molar-refractivity contribution in [2.45, 2.75) is 32.7 Å². The Morgan fingerprint density at radius 1 is 1.10 bits per heavy atom. The van der Waals surface area contributed by atoms with Crippen molar-refractivity contribution in [3.8, 4) is 11.3 Å². The van der Waals surface area contributed by atoms with Gasteiger partial charge in [0.05, 0.1) is 5.69 Å². The number of nitrogens with zero attached hydrogens (tertiary/aromatic N) is 3. The highest BCUT2D eigenvalue weighted by molar-refractivity contribution is 5.64. The van der Waals surface area contributed by atoms with Crippen molar-refractivity contribution >= 4 is 11.8 Å². The van der Waals surface area contributed by atoms with Crippen LogP contribution in [0.15, 0.2) is 36.4 Å². The highest BCUT2D eigenvalue weighted by Crippen LogP contribution is 2.27. The maximum atomic E-state index is 4.75. The lowest BCUT2D eigenvalue weighted by Crippen LogP contribution is -2.24. The molecule has 2 aromatic rings. The highest BCUT2D eigenvalue weighted by atomic mass is 15.3. The molecular weight excluding hydrogens is 260 g/mol. The minimum Gasteiger partial charge on any atom is -0.367 e. The van der Waals surface area contributed by atoms with Crippen molar-refractivity contribution in [2.75, 3.05) is 23.3 Å². The molecule has 1 N–H and O–H groups in total. The summed E-state index contributed by atoms with van der Waals surface area (Å²) in [4.78, 5) is 11.6. The van der Waals surface area contributed by atoms with Crippen LogP contribution >= 0.6 is 0 Å². The van der Waals surface area contributed by atoms with E-state index < -0.39 is 0 Å². The molecule has 0 radical (unpaired) electrons. The first-order valence-electron chi connectivity index (χ1n) is 7.76. The lowest BCUT2D eigenvalue weighted by atomic mass is 10.1. The van der Waals surface area contributed by atoms with Crippen molar-refractivity contribution in [1.82, 2.24) is 9.97 Å². The third kappa shape index (κ3) is 3.32. The van der Waals surface area contributed by atoms with Crippen molar-refractivity contribution < 1.29 is 0 Å². The molecule has 0 saturated heterocycles. The largest absolute Gasteiger partial charge is 0.367 e. The molecule has 110 valence electrons. The number of hydrogen-bond acceptors (Lipinski definition) is 4. The Hall–Kier alpha value is -2.10. The van der Waals surface area contributed by atoms with Gasteiger partial charge in [0.2, 0.25) is 5.95 Å². The van der Waals surface area contributed by atoms with Crippen LogP contribution in [-0.4, -0.2) is 29.1 Å². The molecule has 0 unspecified atom stereocenters. The molecule has 0 bridgehead atoms. The quantitative estimate of drug-likeness (QED) is 0.879. The highest BCUT2D eigenvalue weighted by Gasteiger charge is 2.22. The standard InChI is InChI=1S/C17H22N4/c1-3-21(4-2)17-19-15(13-8-6-5-7-9-13)12-16(20-17)18-14-10-11-14/h5-9,12,14H,3-4,10-11H2,1-2H3,(H,18,19,20). The number of benzene rings is 1. The first-order chi connectivity index (χ1) is 10.3. The van der Waals surface area contributed by atoms with Gasteiger partial charge >= 0.3 is 0 Å². The summed E-state index contributed by atoms with van der Waals surface area (Å²) in [7, 11) is 0. The zero-order valence-electron chi connectivity index (χ0n) is 12.7. The fourth-order valence-corrected chi connectivity index (χ4v) is 2.35. The van der Waals surface area contributed by atoms with Crippen molar-refractivity contribution in [1.29, 1.82) is 0 Å². The van der Waals surface area contributed by atoms with E-state index in [1.807, 2.05) is 18.2 Å².